The van der Waals surface area contributed by atoms with Gasteiger partial charge >= 0.3 is 0 Å². The largest absolute Gasteiger partial charge is 0.454 e. The predicted molar refractivity (Wildman–Crippen MR) is 57.6 cm³/mol. The van der Waals surface area contributed by atoms with E-state index < -0.39 is 0 Å². The van der Waals surface area contributed by atoms with Gasteiger partial charge in [-0.25, -0.2) is 0 Å². The van der Waals surface area contributed by atoms with Crippen LogP contribution in [-0.4, -0.2) is 31.1 Å². The summed E-state index contributed by atoms with van der Waals surface area (Å²) < 4.78 is 10.6. The van der Waals surface area contributed by atoms with E-state index in [0.717, 1.165) is 23.6 Å². The molecule has 0 saturated carbocycles. The van der Waals surface area contributed by atoms with Gasteiger partial charge in [0.1, 0.15) is 0 Å². The molecule has 16 heavy (non-hydrogen) atoms. The zero-order valence-electron chi connectivity index (χ0n) is 9.10. The van der Waals surface area contributed by atoms with Crippen molar-refractivity contribution >= 4 is 5.78 Å². The van der Waals surface area contributed by atoms with Gasteiger partial charge in [-0.3, -0.25) is 9.69 Å². The molecular weight excluding hydrogens is 206 g/mol. The summed E-state index contributed by atoms with van der Waals surface area (Å²) in [5.74, 6) is 1.78. The third-order valence-corrected chi connectivity index (χ3v) is 3.17. The van der Waals surface area contributed by atoms with Crippen LogP contribution in [0, 0.1) is 0 Å². The molecule has 1 atom stereocenters. The molecule has 0 bridgehead atoms. The molecule has 4 nitrogen and oxygen atoms in total. The highest BCUT2D eigenvalue weighted by atomic mass is 16.7. The summed E-state index contributed by atoms with van der Waals surface area (Å²) in [5.41, 5.74) is 0.995. The Bertz CT molecular complexity index is 444. The second kappa shape index (κ2) is 3.49. The van der Waals surface area contributed by atoms with Gasteiger partial charge in [-0.05, 0) is 24.7 Å². The zero-order valence-corrected chi connectivity index (χ0v) is 9.10. The van der Waals surface area contributed by atoms with E-state index in [1.54, 1.807) is 0 Å². The molecular formula is C12H13NO3. The summed E-state index contributed by atoms with van der Waals surface area (Å²) in [4.78, 5) is 13.8. The Morgan fingerprint density at radius 3 is 2.88 bits per heavy atom. The van der Waals surface area contributed by atoms with E-state index in [0.29, 0.717) is 6.42 Å². The molecule has 0 aliphatic carbocycles. The summed E-state index contributed by atoms with van der Waals surface area (Å²) >= 11 is 0. The van der Waals surface area contributed by atoms with E-state index in [1.165, 1.54) is 0 Å². The van der Waals surface area contributed by atoms with Gasteiger partial charge in [-0.1, -0.05) is 6.07 Å². The number of likely N-dealkylation sites (tertiary alicyclic amines) is 1. The molecule has 0 radical (unpaired) electrons. The van der Waals surface area contributed by atoms with Gasteiger partial charge in [0.15, 0.2) is 17.3 Å². The molecule has 1 unspecified atom stereocenters. The van der Waals surface area contributed by atoms with E-state index >= 15 is 0 Å². The highest BCUT2D eigenvalue weighted by Crippen LogP contribution is 2.36. The quantitative estimate of drug-likeness (QED) is 0.715. The first-order valence-corrected chi connectivity index (χ1v) is 5.38. The van der Waals surface area contributed by atoms with Crippen molar-refractivity contribution in [1.29, 1.82) is 0 Å². The van der Waals surface area contributed by atoms with Gasteiger partial charge < -0.3 is 9.47 Å². The van der Waals surface area contributed by atoms with Crippen molar-refractivity contribution in [3.8, 4) is 11.5 Å². The maximum atomic E-state index is 11.8. The van der Waals surface area contributed by atoms with Crippen molar-refractivity contribution in [1.82, 2.24) is 4.90 Å². The first kappa shape index (κ1) is 9.66. The first-order chi connectivity index (χ1) is 7.75. The lowest BCUT2D eigenvalue weighted by molar-refractivity contribution is -0.119. The predicted octanol–water partition coefficient (Wildman–Crippen LogP) is 1.36. The minimum absolute atomic E-state index is 0.116. The number of ether oxygens (including phenoxy) is 2. The standard InChI is InChI=1S/C12H13NO3/c1-13-5-4-9(14)12(13)8-2-3-10-11(6-8)16-7-15-10/h2-3,6,12H,4-5,7H2,1H3. The number of carbonyl (C=O) groups is 1. The minimum Gasteiger partial charge on any atom is -0.454 e. The number of nitrogens with zero attached hydrogens (tertiary/aromatic N) is 1. The van der Waals surface area contributed by atoms with E-state index in [9.17, 15) is 4.79 Å². The lowest BCUT2D eigenvalue weighted by atomic mass is 10.0. The molecule has 84 valence electrons. The average Bonchev–Trinajstić information content (AvgIpc) is 2.85. The van der Waals surface area contributed by atoms with Crippen molar-refractivity contribution in [3.05, 3.63) is 23.8 Å². The van der Waals surface area contributed by atoms with Crippen molar-refractivity contribution in [2.75, 3.05) is 20.4 Å². The van der Waals surface area contributed by atoms with Crippen LogP contribution in [0.25, 0.3) is 0 Å². The molecule has 0 amide bonds. The molecule has 1 saturated heterocycles. The number of carbonyl (C=O) groups excluding carboxylic acids is 1. The highest BCUT2D eigenvalue weighted by molar-refractivity contribution is 5.87. The third-order valence-electron chi connectivity index (χ3n) is 3.17. The number of ketones is 1. The number of benzene rings is 1. The Balaban J connectivity index is 1.97. The fourth-order valence-corrected chi connectivity index (χ4v) is 2.32. The molecule has 2 aliphatic rings. The Hall–Kier alpha value is -1.55. The van der Waals surface area contributed by atoms with Crippen molar-refractivity contribution in [3.63, 3.8) is 0 Å². The molecule has 2 aliphatic heterocycles. The van der Waals surface area contributed by atoms with Gasteiger partial charge in [0.25, 0.3) is 0 Å². The van der Waals surface area contributed by atoms with Crippen molar-refractivity contribution in [2.24, 2.45) is 0 Å². The monoisotopic (exact) mass is 219 g/mol. The number of Topliss-reactive ketones (excluding diaryl/α,β-unsaturated/α-hetero) is 1. The van der Waals surface area contributed by atoms with E-state index in [4.69, 9.17) is 9.47 Å². The second-order valence-electron chi connectivity index (χ2n) is 4.21. The summed E-state index contributed by atoms with van der Waals surface area (Å²) in [5, 5.41) is 0. The van der Waals surface area contributed by atoms with Crippen LogP contribution in [0.3, 0.4) is 0 Å². The maximum Gasteiger partial charge on any atom is 0.231 e. The van der Waals surface area contributed by atoms with Gasteiger partial charge in [-0.2, -0.15) is 0 Å². The van der Waals surface area contributed by atoms with Crippen LogP contribution in [-0.2, 0) is 4.79 Å². The Morgan fingerprint density at radius 2 is 2.12 bits per heavy atom. The molecule has 1 fully saturated rings. The van der Waals surface area contributed by atoms with Gasteiger partial charge in [0.2, 0.25) is 6.79 Å². The lowest BCUT2D eigenvalue weighted by Gasteiger charge is -2.18. The second-order valence-corrected chi connectivity index (χ2v) is 4.21. The van der Waals surface area contributed by atoms with Crippen LogP contribution in [0.15, 0.2) is 18.2 Å². The minimum atomic E-state index is -0.116. The Labute approximate surface area is 93.8 Å². The zero-order chi connectivity index (χ0) is 11.1. The summed E-state index contributed by atoms with van der Waals surface area (Å²) in [7, 11) is 1.97. The number of likely N-dealkylation sites (N-methyl/N-ethyl adjacent to an activating group) is 1. The van der Waals surface area contributed by atoms with Crippen LogP contribution in [0.4, 0.5) is 0 Å². The molecule has 3 rings (SSSR count). The first-order valence-electron chi connectivity index (χ1n) is 5.38. The summed E-state index contributed by atoms with van der Waals surface area (Å²) in [6.45, 7) is 1.10. The van der Waals surface area contributed by atoms with Gasteiger partial charge in [0.05, 0.1) is 6.04 Å². The highest BCUT2D eigenvalue weighted by Gasteiger charge is 2.31. The topological polar surface area (TPSA) is 38.8 Å². The van der Waals surface area contributed by atoms with E-state index in [1.807, 2.05) is 25.2 Å². The number of fused-ring (bicyclic) bond motifs is 1. The molecule has 4 heteroatoms. The molecule has 1 aromatic rings. The number of hydrogen-bond donors (Lipinski definition) is 0. The fraction of sp³-hybridized carbons (Fsp3) is 0.417. The van der Waals surface area contributed by atoms with Crippen LogP contribution in [0.1, 0.15) is 18.0 Å². The fourth-order valence-electron chi connectivity index (χ4n) is 2.32. The third kappa shape index (κ3) is 1.38. The van der Waals surface area contributed by atoms with Crippen molar-refractivity contribution in [2.45, 2.75) is 12.5 Å². The van der Waals surface area contributed by atoms with Crippen LogP contribution in [0.2, 0.25) is 0 Å². The van der Waals surface area contributed by atoms with E-state index in [2.05, 4.69) is 4.90 Å². The SMILES string of the molecule is CN1CCC(=O)C1c1ccc2c(c1)OCO2. The normalized spacial score (nSPS) is 24.1. The van der Waals surface area contributed by atoms with Crippen molar-refractivity contribution < 1.29 is 14.3 Å². The van der Waals surface area contributed by atoms with Crippen LogP contribution in [0.5, 0.6) is 11.5 Å². The Kier molecular flexibility index (Phi) is 2.11. The summed E-state index contributed by atoms with van der Waals surface area (Å²) in [6.07, 6.45) is 0.635. The smallest absolute Gasteiger partial charge is 0.231 e. The molecule has 0 spiro atoms. The molecule has 0 N–H and O–H groups in total. The average molecular weight is 219 g/mol. The van der Waals surface area contributed by atoms with Gasteiger partial charge in [0, 0.05) is 13.0 Å². The van der Waals surface area contributed by atoms with Crippen LogP contribution < -0.4 is 9.47 Å². The molecule has 1 aromatic carbocycles. The summed E-state index contributed by atoms with van der Waals surface area (Å²) in [6, 6.07) is 5.61. The Morgan fingerprint density at radius 1 is 1.31 bits per heavy atom. The maximum absolute atomic E-state index is 11.8. The molecule has 2 heterocycles. The number of rotatable bonds is 1. The van der Waals surface area contributed by atoms with E-state index in [-0.39, 0.29) is 18.6 Å². The van der Waals surface area contributed by atoms with Gasteiger partial charge in [-0.15, -0.1) is 0 Å². The molecule has 0 aromatic heterocycles. The lowest BCUT2D eigenvalue weighted by Crippen LogP contribution is -2.20. The van der Waals surface area contributed by atoms with Crippen LogP contribution >= 0.6 is 0 Å². The number of hydrogen-bond acceptors (Lipinski definition) is 4.